The van der Waals surface area contributed by atoms with Crippen LogP contribution < -0.4 is 18.9 Å². The molecule has 0 radical (unpaired) electrons. The summed E-state index contributed by atoms with van der Waals surface area (Å²) in [6, 6.07) is 7.97. The quantitative estimate of drug-likeness (QED) is 0.831. The van der Waals surface area contributed by atoms with Crippen molar-refractivity contribution in [3.63, 3.8) is 0 Å². The summed E-state index contributed by atoms with van der Waals surface area (Å²) in [5, 5.41) is 0. The fourth-order valence-electron chi connectivity index (χ4n) is 4.27. The van der Waals surface area contributed by atoms with Crippen LogP contribution >= 0.6 is 0 Å². The summed E-state index contributed by atoms with van der Waals surface area (Å²) < 4.78 is 21.9. The van der Waals surface area contributed by atoms with Gasteiger partial charge in [0.2, 0.25) is 6.79 Å². The summed E-state index contributed by atoms with van der Waals surface area (Å²) in [4.78, 5) is 15.1. The molecule has 26 heavy (non-hydrogen) atoms. The SMILES string of the molecule is COc1ccc2c(c1OC)C(=O)N1CCc3cc4c(cc3C[C@H]21)OCO4. The highest BCUT2D eigenvalue weighted by Gasteiger charge is 2.41. The zero-order valence-electron chi connectivity index (χ0n) is 14.7. The number of amides is 1. The van der Waals surface area contributed by atoms with E-state index in [1.54, 1.807) is 14.2 Å². The van der Waals surface area contributed by atoms with Crippen molar-refractivity contribution in [2.45, 2.75) is 18.9 Å². The molecule has 1 atom stereocenters. The number of hydrogen-bond donors (Lipinski definition) is 0. The monoisotopic (exact) mass is 353 g/mol. The Morgan fingerprint density at radius 2 is 1.85 bits per heavy atom. The predicted molar refractivity (Wildman–Crippen MR) is 93.3 cm³/mol. The minimum Gasteiger partial charge on any atom is -0.493 e. The average Bonchev–Trinajstić information content (AvgIpc) is 3.15. The molecule has 0 aromatic heterocycles. The van der Waals surface area contributed by atoms with E-state index in [0.29, 0.717) is 23.6 Å². The van der Waals surface area contributed by atoms with Crippen molar-refractivity contribution < 1.29 is 23.7 Å². The van der Waals surface area contributed by atoms with Gasteiger partial charge < -0.3 is 23.8 Å². The first-order chi connectivity index (χ1) is 12.7. The molecule has 0 saturated heterocycles. The summed E-state index contributed by atoms with van der Waals surface area (Å²) in [6.07, 6.45) is 1.54. The molecule has 0 bridgehead atoms. The molecule has 0 unspecified atom stereocenters. The van der Waals surface area contributed by atoms with Gasteiger partial charge in [-0.2, -0.15) is 0 Å². The maximum Gasteiger partial charge on any atom is 0.258 e. The van der Waals surface area contributed by atoms with Gasteiger partial charge in [0.25, 0.3) is 5.91 Å². The van der Waals surface area contributed by atoms with Gasteiger partial charge in [-0.05, 0) is 47.7 Å². The van der Waals surface area contributed by atoms with Gasteiger partial charge in [-0.1, -0.05) is 6.07 Å². The van der Waals surface area contributed by atoms with E-state index in [1.807, 2.05) is 17.0 Å². The zero-order chi connectivity index (χ0) is 17.8. The van der Waals surface area contributed by atoms with Gasteiger partial charge in [-0.25, -0.2) is 0 Å². The fourth-order valence-corrected chi connectivity index (χ4v) is 4.27. The van der Waals surface area contributed by atoms with E-state index in [-0.39, 0.29) is 18.7 Å². The van der Waals surface area contributed by atoms with E-state index in [9.17, 15) is 4.79 Å². The Balaban J connectivity index is 1.61. The van der Waals surface area contributed by atoms with Crippen molar-refractivity contribution in [2.24, 2.45) is 0 Å². The molecule has 5 rings (SSSR count). The topological polar surface area (TPSA) is 57.2 Å². The largest absolute Gasteiger partial charge is 0.493 e. The molecule has 0 saturated carbocycles. The van der Waals surface area contributed by atoms with Gasteiger partial charge in [-0.15, -0.1) is 0 Å². The Labute approximate surface area is 151 Å². The minimum absolute atomic E-state index is 0.000993. The molecule has 2 aromatic rings. The van der Waals surface area contributed by atoms with Crippen molar-refractivity contribution in [3.8, 4) is 23.0 Å². The third-order valence-corrected chi connectivity index (χ3v) is 5.52. The molecule has 2 aromatic carbocycles. The van der Waals surface area contributed by atoms with E-state index in [1.165, 1.54) is 11.1 Å². The lowest BCUT2D eigenvalue weighted by atomic mass is 9.95. The van der Waals surface area contributed by atoms with Gasteiger partial charge >= 0.3 is 0 Å². The highest BCUT2D eigenvalue weighted by molar-refractivity contribution is 6.02. The molecule has 0 aliphatic carbocycles. The molecule has 6 nitrogen and oxygen atoms in total. The van der Waals surface area contributed by atoms with Gasteiger partial charge in [-0.3, -0.25) is 4.79 Å². The van der Waals surface area contributed by atoms with Gasteiger partial charge in [0, 0.05) is 6.54 Å². The Morgan fingerprint density at radius 1 is 1.08 bits per heavy atom. The van der Waals surface area contributed by atoms with Crippen molar-refractivity contribution in [3.05, 3.63) is 46.5 Å². The number of methoxy groups -OCH3 is 2. The number of benzene rings is 2. The lowest BCUT2D eigenvalue weighted by molar-refractivity contribution is 0.0730. The van der Waals surface area contributed by atoms with Crippen LogP contribution in [0.4, 0.5) is 0 Å². The van der Waals surface area contributed by atoms with Crippen molar-refractivity contribution >= 4 is 5.91 Å². The van der Waals surface area contributed by atoms with Crippen LogP contribution in [0.1, 0.15) is 33.1 Å². The predicted octanol–water partition coefficient (Wildman–Crippen LogP) is 2.73. The van der Waals surface area contributed by atoms with Crippen molar-refractivity contribution in [1.82, 2.24) is 4.90 Å². The Hall–Kier alpha value is -2.89. The second kappa shape index (κ2) is 5.56. The number of hydrogen-bond acceptors (Lipinski definition) is 5. The van der Waals surface area contributed by atoms with Crippen LogP contribution in [0.3, 0.4) is 0 Å². The third-order valence-electron chi connectivity index (χ3n) is 5.52. The van der Waals surface area contributed by atoms with Gasteiger partial charge in [0.1, 0.15) is 0 Å². The summed E-state index contributed by atoms with van der Waals surface area (Å²) in [5.74, 6) is 2.70. The van der Waals surface area contributed by atoms with Crippen LogP contribution in [0.5, 0.6) is 23.0 Å². The molecule has 3 aliphatic rings. The lowest BCUT2D eigenvalue weighted by Gasteiger charge is -2.22. The van der Waals surface area contributed by atoms with E-state index < -0.39 is 0 Å². The molecule has 6 heteroatoms. The van der Waals surface area contributed by atoms with E-state index >= 15 is 0 Å². The first-order valence-electron chi connectivity index (χ1n) is 8.68. The smallest absolute Gasteiger partial charge is 0.258 e. The zero-order valence-corrected chi connectivity index (χ0v) is 14.7. The number of ether oxygens (including phenoxy) is 4. The lowest BCUT2D eigenvalue weighted by Crippen LogP contribution is -2.29. The second-order valence-electron chi connectivity index (χ2n) is 6.71. The van der Waals surface area contributed by atoms with Crippen LogP contribution in [-0.4, -0.2) is 38.4 Å². The molecule has 0 spiro atoms. The first-order valence-corrected chi connectivity index (χ1v) is 8.68. The molecule has 3 aliphatic heterocycles. The molecular weight excluding hydrogens is 334 g/mol. The highest BCUT2D eigenvalue weighted by Crippen LogP contribution is 2.47. The van der Waals surface area contributed by atoms with Crippen LogP contribution in [0.15, 0.2) is 24.3 Å². The number of nitrogens with zero attached hydrogens (tertiary/aromatic N) is 1. The van der Waals surface area contributed by atoms with Crippen molar-refractivity contribution in [2.75, 3.05) is 27.6 Å². The van der Waals surface area contributed by atoms with Crippen LogP contribution in [-0.2, 0) is 12.8 Å². The molecular formula is C20H19NO5. The molecule has 0 fully saturated rings. The van der Waals surface area contributed by atoms with Crippen LogP contribution in [0.25, 0.3) is 0 Å². The molecule has 1 amide bonds. The summed E-state index contributed by atoms with van der Waals surface area (Å²) in [7, 11) is 3.16. The van der Waals surface area contributed by atoms with Gasteiger partial charge in [0.05, 0.1) is 25.8 Å². The average molecular weight is 353 g/mol. The van der Waals surface area contributed by atoms with E-state index in [0.717, 1.165) is 29.9 Å². The Morgan fingerprint density at radius 3 is 2.58 bits per heavy atom. The summed E-state index contributed by atoms with van der Waals surface area (Å²) >= 11 is 0. The van der Waals surface area contributed by atoms with E-state index in [4.69, 9.17) is 18.9 Å². The number of carbonyl (C=O) groups excluding carboxylic acids is 1. The summed E-state index contributed by atoms with van der Waals surface area (Å²) in [6.45, 7) is 0.933. The second-order valence-corrected chi connectivity index (χ2v) is 6.71. The fraction of sp³-hybridized carbons (Fsp3) is 0.350. The molecule has 134 valence electrons. The Kier molecular flexibility index (Phi) is 3.29. The molecule has 3 heterocycles. The third kappa shape index (κ3) is 2.01. The normalized spacial score (nSPS) is 19.5. The number of rotatable bonds is 2. The maximum atomic E-state index is 13.1. The molecule has 0 N–H and O–H groups in total. The van der Waals surface area contributed by atoms with Crippen LogP contribution in [0.2, 0.25) is 0 Å². The Bertz CT molecular complexity index is 923. The first kappa shape index (κ1) is 15.4. The van der Waals surface area contributed by atoms with E-state index in [2.05, 4.69) is 12.1 Å². The van der Waals surface area contributed by atoms with Gasteiger partial charge in [0.15, 0.2) is 23.0 Å². The minimum atomic E-state index is -0.000993. The maximum absolute atomic E-state index is 13.1. The highest BCUT2D eigenvalue weighted by atomic mass is 16.7. The number of carbonyl (C=O) groups is 1. The van der Waals surface area contributed by atoms with Crippen molar-refractivity contribution in [1.29, 1.82) is 0 Å². The summed E-state index contributed by atoms with van der Waals surface area (Å²) in [5.41, 5.74) is 4.05. The van der Waals surface area contributed by atoms with Crippen LogP contribution in [0, 0.1) is 0 Å². The standard InChI is InChI=1S/C20H19NO5/c1-23-15-4-3-13-14-7-12-9-17-16(25-10-26-17)8-11(12)5-6-21(14)20(22)18(13)19(15)24-2/h3-4,8-9,14H,5-7,10H2,1-2H3/t14-/m1/s1. The number of fused-ring (bicyclic) bond motifs is 5.